The summed E-state index contributed by atoms with van der Waals surface area (Å²) in [6, 6.07) is 0. The Morgan fingerprint density at radius 2 is 1.90 bits per heavy atom. The minimum absolute atomic E-state index is 0.0588. The Hall–Kier alpha value is -1.92. The van der Waals surface area contributed by atoms with Gasteiger partial charge in [-0.05, 0) is 12.8 Å². The third kappa shape index (κ3) is 4.54. The Morgan fingerprint density at radius 3 is 2.52 bits per heavy atom. The third-order valence-corrected chi connectivity index (χ3v) is 3.57. The molecule has 0 bridgehead atoms. The van der Waals surface area contributed by atoms with Crippen molar-refractivity contribution in [2.24, 2.45) is 5.92 Å². The number of hydrogen-bond donors (Lipinski definition) is 1. The van der Waals surface area contributed by atoms with Crippen LogP contribution in [0, 0.1) is 5.92 Å². The maximum atomic E-state index is 12.2. The van der Waals surface area contributed by atoms with Crippen LogP contribution in [0.15, 0.2) is 6.20 Å². The summed E-state index contributed by atoms with van der Waals surface area (Å²) in [6.07, 6.45) is 6.12. The summed E-state index contributed by atoms with van der Waals surface area (Å²) in [5.41, 5.74) is 0. The summed E-state index contributed by atoms with van der Waals surface area (Å²) >= 11 is 0. The van der Waals surface area contributed by atoms with Crippen LogP contribution in [0.5, 0.6) is 0 Å². The van der Waals surface area contributed by atoms with Crippen LogP contribution < -0.4 is 5.32 Å². The van der Waals surface area contributed by atoms with Gasteiger partial charge in [0.15, 0.2) is 5.82 Å². The van der Waals surface area contributed by atoms with Crippen LogP contribution in [0.2, 0.25) is 0 Å². The van der Waals surface area contributed by atoms with Crippen LogP contribution in [0.4, 0.5) is 5.82 Å². The lowest BCUT2D eigenvalue weighted by molar-refractivity contribution is -0.132. The van der Waals surface area contributed by atoms with E-state index in [1.54, 1.807) is 6.20 Å². The Kier molecular flexibility index (Phi) is 5.30. The lowest BCUT2D eigenvalue weighted by Gasteiger charge is -2.19. The van der Waals surface area contributed by atoms with Gasteiger partial charge in [-0.2, -0.15) is 0 Å². The Labute approximate surface area is 124 Å². The van der Waals surface area contributed by atoms with E-state index in [2.05, 4.69) is 15.6 Å². The van der Waals surface area contributed by atoms with Gasteiger partial charge in [0.1, 0.15) is 6.54 Å². The summed E-state index contributed by atoms with van der Waals surface area (Å²) < 4.78 is 1.48. The smallest absolute Gasteiger partial charge is 0.244 e. The second-order valence-corrected chi connectivity index (χ2v) is 5.74. The van der Waals surface area contributed by atoms with Crippen LogP contribution >= 0.6 is 0 Å². The van der Waals surface area contributed by atoms with E-state index < -0.39 is 0 Å². The average Bonchev–Trinajstić information content (AvgIpc) is 2.72. The average molecular weight is 293 g/mol. The van der Waals surface area contributed by atoms with E-state index in [0.29, 0.717) is 5.82 Å². The lowest BCUT2D eigenvalue weighted by Crippen LogP contribution is -2.34. The first-order valence-corrected chi connectivity index (χ1v) is 7.55. The molecule has 7 nitrogen and oxygen atoms in total. The molecule has 2 rings (SSSR count). The van der Waals surface area contributed by atoms with Crippen LogP contribution in [-0.2, 0) is 16.1 Å². The van der Waals surface area contributed by atoms with Gasteiger partial charge in [0.2, 0.25) is 11.8 Å². The van der Waals surface area contributed by atoms with Gasteiger partial charge in [-0.15, -0.1) is 5.10 Å². The largest absolute Gasteiger partial charge is 0.341 e. The molecule has 116 valence electrons. The fourth-order valence-corrected chi connectivity index (χ4v) is 2.26. The Morgan fingerprint density at radius 1 is 1.24 bits per heavy atom. The van der Waals surface area contributed by atoms with Crippen molar-refractivity contribution in [2.75, 3.05) is 18.4 Å². The highest BCUT2D eigenvalue weighted by atomic mass is 16.2. The number of carbonyl (C=O) groups is 2. The van der Waals surface area contributed by atoms with Gasteiger partial charge >= 0.3 is 0 Å². The fourth-order valence-electron chi connectivity index (χ4n) is 2.26. The molecule has 0 saturated carbocycles. The highest BCUT2D eigenvalue weighted by molar-refractivity contribution is 5.90. The molecule has 0 aromatic carbocycles. The Balaban J connectivity index is 1.89. The number of rotatable bonds is 4. The number of nitrogens with zero attached hydrogens (tertiary/aromatic N) is 4. The molecule has 21 heavy (non-hydrogen) atoms. The van der Waals surface area contributed by atoms with Crippen molar-refractivity contribution < 1.29 is 9.59 Å². The number of aromatic nitrogens is 3. The Bertz CT molecular complexity index is 489. The van der Waals surface area contributed by atoms with Crippen LogP contribution in [-0.4, -0.2) is 44.8 Å². The summed E-state index contributed by atoms with van der Waals surface area (Å²) in [7, 11) is 0. The molecular formula is C14H23N5O2. The second-order valence-electron chi connectivity index (χ2n) is 5.74. The number of carbonyl (C=O) groups excluding carboxylic acids is 2. The minimum atomic E-state index is -0.117. The molecule has 1 aliphatic heterocycles. The number of anilines is 1. The van der Waals surface area contributed by atoms with Crippen molar-refractivity contribution in [3.05, 3.63) is 6.20 Å². The topological polar surface area (TPSA) is 80.1 Å². The van der Waals surface area contributed by atoms with Crippen LogP contribution in [0.3, 0.4) is 0 Å². The van der Waals surface area contributed by atoms with Crippen molar-refractivity contribution >= 4 is 17.6 Å². The molecule has 2 amide bonds. The first kappa shape index (κ1) is 15.5. The summed E-state index contributed by atoms with van der Waals surface area (Å²) in [5, 5.41) is 10.4. The maximum Gasteiger partial charge on any atom is 0.244 e. The predicted octanol–water partition coefficient (Wildman–Crippen LogP) is 1.28. The molecule has 1 saturated heterocycles. The summed E-state index contributed by atoms with van der Waals surface area (Å²) in [5.74, 6) is 0.218. The molecule has 0 unspecified atom stereocenters. The molecule has 1 N–H and O–H groups in total. The van der Waals surface area contributed by atoms with Gasteiger partial charge in [0.05, 0.1) is 6.20 Å². The molecule has 1 aromatic heterocycles. The first-order chi connectivity index (χ1) is 10.1. The molecule has 2 heterocycles. The van der Waals surface area contributed by atoms with E-state index in [9.17, 15) is 9.59 Å². The van der Waals surface area contributed by atoms with Gasteiger partial charge in [0, 0.05) is 19.0 Å². The summed E-state index contributed by atoms with van der Waals surface area (Å²) in [4.78, 5) is 25.7. The van der Waals surface area contributed by atoms with E-state index in [-0.39, 0.29) is 24.3 Å². The van der Waals surface area contributed by atoms with E-state index in [4.69, 9.17) is 0 Å². The van der Waals surface area contributed by atoms with Gasteiger partial charge in [-0.3, -0.25) is 9.59 Å². The molecule has 0 atom stereocenters. The number of amides is 2. The standard InChI is InChI=1S/C14H23N5O2/c1-11(2)14(21)15-12-9-19(17-16-12)10-13(20)18-7-5-3-4-6-8-18/h9,11H,3-8,10H2,1-2H3,(H,15,21). The first-order valence-electron chi connectivity index (χ1n) is 7.55. The molecule has 1 fully saturated rings. The van der Waals surface area contributed by atoms with Crippen molar-refractivity contribution in [2.45, 2.75) is 46.1 Å². The van der Waals surface area contributed by atoms with E-state index in [1.807, 2.05) is 18.7 Å². The van der Waals surface area contributed by atoms with Crippen molar-refractivity contribution in [1.82, 2.24) is 19.9 Å². The van der Waals surface area contributed by atoms with Crippen LogP contribution in [0.25, 0.3) is 0 Å². The molecular weight excluding hydrogens is 270 g/mol. The second kappa shape index (κ2) is 7.19. The zero-order chi connectivity index (χ0) is 15.2. The predicted molar refractivity (Wildman–Crippen MR) is 78.5 cm³/mol. The van der Waals surface area contributed by atoms with Crippen molar-refractivity contribution in [3.8, 4) is 0 Å². The maximum absolute atomic E-state index is 12.2. The van der Waals surface area contributed by atoms with E-state index in [1.165, 1.54) is 17.5 Å². The molecule has 7 heteroatoms. The van der Waals surface area contributed by atoms with Crippen molar-refractivity contribution in [3.63, 3.8) is 0 Å². The van der Waals surface area contributed by atoms with Crippen molar-refractivity contribution in [1.29, 1.82) is 0 Å². The molecule has 0 aliphatic carbocycles. The number of likely N-dealkylation sites (tertiary alicyclic amines) is 1. The number of hydrogen-bond acceptors (Lipinski definition) is 4. The van der Waals surface area contributed by atoms with Gasteiger partial charge in [-0.1, -0.05) is 31.9 Å². The minimum Gasteiger partial charge on any atom is -0.341 e. The normalized spacial score (nSPS) is 15.9. The molecule has 0 spiro atoms. The zero-order valence-corrected chi connectivity index (χ0v) is 12.7. The zero-order valence-electron chi connectivity index (χ0n) is 12.7. The lowest BCUT2D eigenvalue weighted by atomic mass is 10.2. The number of nitrogens with one attached hydrogen (secondary N) is 1. The third-order valence-electron chi connectivity index (χ3n) is 3.57. The van der Waals surface area contributed by atoms with E-state index in [0.717, 1.165) is 25.9 Å². The highest BCUT2D eigenvalue weighted by Crippen LogP contribution is 2.10. The monoisotopic (exact) mass is 293 g/mol. The summed E-state index contributed by atoms with van der Waals surface area (Å²) in [6.45, 7) is 5.44. The van der Waals surface area contributed by atoms with Gasteiger partial charge < -0.3 is 10.2 Å². The van der Waals surface area contributed by atoms with Gasteiger partial charge in [0.25, 0.3) is 0 Å². The van der Waals surface area contributed by atoms with Crippen LogP contribution in [0.1, 0.15) is 39.5 Å². The fraction of sp³-hybridized carbons (Fsp3) is 0.714. The van der Waals surface area contributed by atoms with E-state index >= 15 is 0 Å². The SMILES string of the molecule is CC(C)C(=O)Nc1cn(CC(=O)N2CCCCCC2)nn1. The molecule has 1 aliphatic rings. The molecule has 0 radical (unpaired) electrons. The molecule has 1 aromatic rings. The quantitative estimate of drug-likeness (QED) is 0.906. The highest BCUT2D eigenvalue weighted by Gasteiger charge is 2.17. The van der Waals surface area contributed by atoms with Gasteiger partial charge in [-0.25, -0.2) is 4.68 Å².